The van der Waals surface area contributed by atoms with E-state index in [0.29, 0.717) is 25.8 Å². The highest BCUT2D eigenvalue weighted by atomic mass is 32.2. The Balaban J connectivity index is 1.60. The number of ether oxygens (including phenoxy) is 1. The lowest BCUT2D eigenvalue weighted by Gasteiger charge is -2.35. The summed E-state index contributed by atoms with van der Waals surface area (Å²) in [5, 5.41) is 3.46. The van der Waals surface area contributed by atoms with Gasteiger partial charge in [-0.25, -0.2) is 0 Å². The molecule has 0 amide bonds. The summed E-state index contributed by atoms with van der Waals surface area (Å²) in [4.78, 5) is 0. The molecule has 20 heavy (non-hydrogen) atoms. The number of hydrogen-bond acceptors (Lipinski definition) is 4. The van der Waals surface area contributed by atoms with Crippen LogP contribution in [0.3, 0.4) is 0 Å². The summed E-state index contributed by atoms with van der Waals surface area (Å²) in [6, 6.07) is 0.667. The fourth-order valence-electron chi connectivity index (χ4n) is 2.99. The summed E-state index contributed by atoms with van der Waals surface area (Å²) in [6.45, 7) is 2.57. The molecule has 3 aliphatic rings. The lowest BCUT2D eigenvalue weighted by atomic mass is 10.1. The van der Waals surface area contributed by atoms with Crippen LogP contribution in [0.2, 0.25) is 0 Å². The summed E-state index contributed by atoms with van der Waals surface area (Å²) in [5.74, 6) is 0. The molecule has 0 aromatic carbocycles. The average molecular weight is 303 g/mol. The minimum absolute atomic E-state index is 0.0565. The number of hydrogen-bond donors (Lipinski definition) is 2. The van der Waals surface area contributed by atoms with E-state index in [4.69, 9.17) is 4.74 Å². The van der Waals surface area contributed by atoms with E-state index in [2.05, 4.69) is 10.0 Å². The van der Waals surface area contributed by atoms with Crippen molar-refractivity contribution in [1.82, 2.24) is 14.3 Å². The van der Waals surface area contributed by atoms with E-state index in [-0.39, 0.29) is 12.1 Å². The van der Waals surface area contributed by atoms with Gasteiger partial charge < -0.3 is 10.1 Å². The molecule has 1 saturated carbocycles. The van der Waals surface area contributed by atoms with Crippen LogP contribution in [-0.2, 0) is 14.9 Å². The van der Waals surface area contributed by atoms with Crippen LogP contribution in [0.1, 0.15) is 38.5 Å². The summed E-state index contributed by atoms with van der Waals surface area (Å²) in [7, 11) is -3.38. The first-order chi connectivity index (χ1) is 9.65. The number of piperidine rings is 1. The minimum atomic E-state index is -3.38. The van der Waals surface area contributed by atoms with Gasteiger partial charge in [-0.2, -0.15) is 17.4 Å². The Hall–Kier alpha value is -0.210. The van der Waals surface area contributed by atoms with Crippen molar-refractivity contribution < 1.29 is 13.2 Å². The Morgan fingerprint density at radius 3 is 2.65 bits per heavy atom. The van der Waals surface area contributed by atoms with Gasteiger partial charge in [0.05, 0.1) is 6.61 Å². The maximum atomic E-state index is 12.5. The zero-order valence-electron chi connectivity index (χ0n) is 11.9. The summed E-state index contributed by atoms with van der Waals surface area (Å²) in [5.41, 5.74) is 0. The molecule has 2 heterocycles. The smallest absolute Gasteiger partial charge is 0.280 e. The van der Waals surface area contributed by atoms with Crippen LogP contribution >= 0.6 is 0 Å². The maximum absolute atomic E-state index is 12.5. The molecular formula is C13H25N3O3S. The average Bonchev–Trinajstić information content (AvgIpc) is 3.13. The first-order valence-corrected chi connectivity index (χ1v) is 9.19. The Labute approximate surface area is 121 Å². The quantitative estimate of drug-likeness (QED) is 0.736. The Morgan fingerprint density at radius 2 is 1.95 bits per heavy atom. The molecule has 3 rings (SSSR count). The number of nitrogens with one attached hydrogen (secondary N) is 2. The van der Waals surface area contributed by atoms with E-state index in [0.717, 1.165) is 32.2 Å². The normalized spacial score (nSPS) is 32.6. The molecule has 0 bridgehead atoms. The molecule has 1 aliphatic carbocycles. The standard InChI is InChI=1S/C13H25N3O3S/c17-20(18,15-12-6-8-19-10-12)16-7-2-1-3-13(16)9-14-11-4-5-11/h11-15H,1-10H2. The highest BCUT2D eigenvalue weighted by molar-refractivity contribution is 7.87. The molecule has 6 nitrogen and oxygen atoms in total. The third kappa shape index (κ3) is 3.71. The predicted molar refractivity (Wildman–Crippen MR) is 76.6 cm³/mol. The predicted octanol–water partition coefficient (Wildman–Crippen LogP) is 0.216. The second-order valence-electron chi connectivity index (χ2n) is 6.13. The van der Waals surface area contributed by atoms with Crippen molar-refractivity contribution in [2.45, 2.75) is 56.7 Å². The highest BCUT2D eigenvalue weighted by Crippen LogP contribution is 2.23. The summed E-state index contributed by atoms with van der Waals surface area (Å²) in [6.07, 6.45) is 6.28. The van der Waals surface area contributed by atoms with Crippen molar-refractivity contribution in [2.75, 3.05) is 26.3 Å². The molecule has 2 aliphatic heterocycles. The van der Waals surface area contributed by atoms with Gasteiger partial charge >= 0.3 is 0 Å². The van der Waals surface area contributed by atoms with Crippen LogP contribution in [0.15, 0.2) is 0 Å². The molecule has 3 fully saturated rings. The Bertz CT molecular complexity index is 419. The lowest BCUT2D eigenvalue weighted by Crippen LogP contribution is -2.54. The third-order valence-corrected chi connectivity index (χ3v) is 6.08. The van der Waals surface area contributed by atoms with Crippen LogP contribution in [-0.4, -0.2) is 57.2 Å². The first kappa shape index (κ1) is 14.7. The number of rotatable bonds is 6. The molecule has 116 valence electrons. The van der Waals surface area contributed by atoms with Crippen molar-refractivity contribution in [3.63, 3.8) is 0 Å². The molecule has 2 N–H and O–H groups in total. The fourth-order valence-corrected chi connectivity index (χ4v) is 4.67. The van der Waals surface area contributed by atoms with Crippen LogP contribution in [0, 0.1) is 0 Å². The van der Waals surface area contributed by atoms with Crippen molar-refractivity contribution in [1.29, 1.82) is 0 Å². The van der Waals surface area contributed by atoms with Crippen LogP contribution < -0.4 is 10.0 Å². The summed E-state index contributed by atoms with van der Waals surface area (Å²) < 4.78 is 34.8. The van der Waals surface area contributed by atoms with E-state index in [1.165, 1.54) is 12.8 Å². The SMILES string of the molecule is O=S(=O)(NC1CCOC1)N1CCCCC1CNC1CC1. The Kier molecular flexibility index (Phi) is 4.62. The van der Waals surface area contributed by atoms with E-state index >= 15 is 0 Å². The molecule has 0 aromatic rings. The van der Waals surface area contributed by atoms with Gasteiger partial charge in [0.1, 0.15) is 0 Å². The van der Waals surface area contributed by atoms with E-state index in [1.54, 1.807) is 4.31 Å². The molecule has 2 saturated heterocycles. The molecule has 2 unspecified atom stereocenters. The molecular weight excluding hydrogens is 278 g/mol. The zero-order valence-corrected chi connectivity index (χ0v) is 12.7. The minimum Gasteiger partial charge on any atom is -0.380 e. The monoisotopic (exact) mass is 303 g/mol. The zero-order chi connectivity index (χ0) is 14.0. The lowest BCUT2D eigenvalue weighted by molar-refractivity contribution is 0.191. The highest BCUT2D eigenvalue weighted by Gasteiger charge is 2.35. The van der Waals surface area contributed by atoms with Crippen molar-refractivity contribution in [2.24, 2.45) is 0 Å². The van der Waals surface area contributed by atoms with E-state index in [9.17, 15) is 8.42 Å². The summed E-state index contributed by atoms with van der Waals surface area (Å²) >= 11 is 0. The first-order valence-electron chi connectivity index (χ1n) is 7.75. The van der Waals surface area contributed by atoms with Gasteiger partial charge in [0.25, 0.3) is 10.2 Å². The van der Waals surface area contributed by atoms with Gasteiger partial charge in [0.15, 0.2) is 0 Å². The van der Waals surface area contributed by atoms with Gasteiger partial charge in [-0.3, -0.25) is 0 Å². The maximum Gasteiger partial charge on any atom is 0.280 e. The van der Waals surface area contributed by atoms with Gasteiger partial charge in [-0.05, 0) is 32.1 Å². The second-order valence-corrected chi connectivity index (χ2v) is 7.78. The van der Waals surface area contributed by atoms with Crippen molar-refractivity contribution >= 4 is 10.2 Å². The van der Waals surface area contributed by atoms with Crippen LogP contribution in [0.4, 0.5) is 0 Å². The number of nitrogens with zero attached hydrogens (tertiary/aromatic N) is 1. The Morgan fingerprint density at radius 1 is 1.10 bits per heavy atom. The van der Waals surface area contributed by atoms with Crippen LogP contribution in [0.25, 0.3) is 0 Å². The second kappa shape index (κ2) is 6.27. The van der Waals surface area contributed by atoms with E-state index < -0.39 is 10.2 Å². The molecule has 7 heteroatoms. The third-order valence-electron chi connectivity index (χ3n) is 4.35. The van der Waals surface area contributed by atoms with Crippen molar-refractivity contribution in [3.8, 4) is 0 Å². The largest absolute Gasteiger partial charge is 0.380 e. The molecule has 0 radical (unpaired) electrons. The molecule has 0 spiro atoms. The van der Waals surface area contributed by atoms with Gasteiger partial charge in [-0.1, -0.05) is 6.42 Å². The molecule has 2 atom stereocenters. The van der Waals surface area contributed by atoms with Crippen LogP contribution in [0.5, 0.6) is 0 Å². The van der Waals surface area contributed by atoms with Gasteiger partial charge in [0.2, 0.25) is 0 Å². The van der Waals surface area contributed by atoms with Gasteiger partial charge in [0, 0.05) is 37.8 Å². The fraction of sp³-hybridized carbons (Fsp3) is 1.00. The molecule has 0 aromatic heterocycles. The van der Waals surface area contributed by atoms with E-state index in [1.807, 2.05) is 0 Å². The van der Waals surface area contributed by atoms with Crippen molar-refractivity contribution in [3.05, 3.63) is 0 Å². The topological polar surface area (TPSA) is 70.7 Å². The van der Waals surface area contributed by atoms with Gasteiger partial charge in [-0.15, -0.1) is 0 Å².